The lowest BCUT2D eigenvalue weighted by Crippen LogP contribution is -2.41. The maximum absolute atomic E-state index is 12.3. The van der Waals surface area contributed by atoms with Gasteiger partial charge in [-0.2, -0.15) is 0 Å². The Hall–Kier alpha value is -2.80. The molecule has 0 saturated carbocycles. The summed E-state index contributed by atoms with van der Waals surface area (Å²) >= 11 is 5.74. The molecule has 0 saturated heterocycles. The molecule has 0 fully saturated rings. The number of hydrogen-bond acceptors (Lipinski definition) is 5. The first-order chi connectivity index (χ1) is 12.9. The summed E-state index contributed by atoms with van der Waals surface area (Å²) in [5.74, 6) is 0.535. The van der Waals surface area contributed by atoms with E-state index >= 15 is 0 Å². The summed E-state index contributed by atoms with van der Waals surface area (Å²) in [6.07, 6.45) is 2.32. The van der Waals surface area contributed by atoms with E-state index < -0.39 is 11.8 Å². The van der Waals surface area contributed by atoms with Gasteiger partial charge in [-0.25, -0.2) is 4.98 Å². The van der Waals surface area contributed by atoms with Crippen molar-refractivity contribution in [2.24, 2.45) is 5.92 Å². The van der Waals surface area contributed by atoms with Gasteiger partial charge in [0.25, 0.3) is 11.8 Å². The zero-order chi connectivity index (χ0) is 19.8. The van der Waals surface area contributed by atoms with Crippen molar-refractivity contribution in [3.8, 4) is 11.5 Å². The van der Waals surface area contributed by atoms with E-state index in [1.54, 1.807) is 18.2 Å². The van der Waals surface area contributed by atoms with Crippen molar-refractivity contribution in [2.75, 3.05) is 13.7 Å². The van der Waals surface area contributed by atoms with E-state index in [2.05, 4.69) is 29.7 Å². The minimum absolute atomic E-state index is 0.187. The van der Waals surface area contributed by atoms with Crippen LogP contribution in [0.1, 0.15) is 41.0 Å². The predicted octanol–water partition coefficient (Wildman–Crippen LogP) is 3.24. The Morgan fingerprint density at radius 1 is 1.07 bits per heavy atom. The van der Waals surface area contributed by atoms with Crippen LogP contribution in [-0.2, 0) is 0 Å². The summed E-state index contributed by atoms with van der Waals surface area (Å²) in [7, 11) is 1.50. The molecule has 0 radical (unpaired) electrons. The summed E-state index contributed by atoms with van der Waals surface area (Å²) in [6, 6.07) is 7.70. The van der Waals surface area contributed by atoms with E-state index in [0.29, 0.717) is 29.6 Å². The smallest absolute Gasteiger partial charge is 0.269 e. The van der Waals surface area contributed by atoms with Crippen molar-refractivity contribution in [2.45, 2.75) is 20.3 Å². The van der Waals surface area contributed by atoms with Gasteiger partial charge in [-0.3, -0.25) is 20.4 Å². The molecular formula is C19H22ClN3O4. The molecule has 2 amide bonds. The van der Waals surface area contributed by atoms with Gasteiger partial charge in [-0.15, -0.1) is 0 Å². The summed E-state index contributed by atoms with van der Waals surface area (Å²) in [5.41, 5.74) is 5.27. The second kappa shape index (κ2) is 9.78. The number of nitrogens with zero attached hydrogens (tertiary/aromatic N) is 1. The molecule has 0 spiro atoms. The molecular weight excluding hydrogens is 370 g/mol. The molecule has 1 aromatic carbocycles. The molecule has 0 bridgehead atoms. The SMILES string of the molecule is COc1cc(C(=O)NNC(=O)c2ccnc(Cl)c2)ccc1OCCC(C)C. The Kier molecular flexibility index (Phi) is 7.43. The first kappa shape index (κ1) is 20.5. The van der Waals surface area contributed by atoms with Crippen LogP contribution in [0.25, 0.3) is 0 Å². The number of amides is 2. The largest absolute Gasteiger partial charge is 0.493 e. The number of carbonyl (C=O) groups is 2. The van der Waals surface area contributed by atoms with Crippen LogP contribution in [-0.4, -0.2) is 30.5 Å². The van der Waals surface area contributed by atoms with E-state index in [4.69, 9.17) is 21.1 Å². The molecule has 2 aromatic rings. The molecule has 0 unspecified atom stereocenters. The Labute approximate surface area is 163 Å². The summed E-state index contributed by atoms with van der Waals surface area (Å²) in [4.78, 5) is 28.1. The number of carbonyl (C=O) groups excluding carboxylic acids is 2. The van der Waals surface area contributed by atoms with Gasteiger partial charge < -0.3 is 9.47 Å². The fraction of sp³-hybridized carbons (Fsp3) is 0.316. The lowest BCUT2D eigenvalue weighted by molar-refractivity contribution is 0.0846. The Morgan fingerprint density at radius 3 is 2.33 bits per heavy atom. The highest BCUT2D eigenvalue weighted by Gasteiger charge is 2.13. The summed E-state index contributed by atoms with van der Waals surface area (Å²) < 4.78 is 11.0. The molecule has 0 aliphatic heterocycles. The van der Waals surface area contributed by atoms with Gasteiger partial charge in [0, 0.05) is 17.3 Å². The van der Waals surface area contributed by atoms with Crippen molar-refractivity contribution >= 4 is 23.4 Å². The van der Waals surface area contributed by atoms with Gasteiger partial charge in [0.2, 0.25) is 0 Å². The molecule has 0 aliphatic carbocycles. The molecule has 7 nitrogen and oxygen atoms in total. The second-order valence-electron chi connectivity index (χ2n) is 6.17. The van der Waals surface area contributed by atoms with Crippen LogP contribution < -0.4 is 20.3 Å². The average Bonchev–Trinajstić information content (AvgIpc) is 2.65. The molecule has 0 atom stereocenters. The maximum Gasteiger partial charge on any atom is 0.269 e. The number of pyridine rings is 1. The minimum Gasteiger partial charge on any atom is -0.493 e. The number of aromatic nitrogens is 1. The third-order valence-corrected chi connectivity index (χ3v) is 3.86. The van der Waals surface area contributed by atoms with Gasteiger partial charge >= 0.3 is 0 Å². The van der Waals surface area contributed by atoms with E-state index in [1.165, 1.54) is 25.4 Å². The summed E-state index contributed by atoms with van der Waals surface area (Å²) in [6.45, 7) is 4.79. The highest BCUT2D eigenvalue weighted by atomic mass is 35.5. The normalized spacial score (nSPS) is 10.4. The second-order valence-corrected chi connectivity index (χ2v) is 6.56. The lowest BCUT2D eigenvalue weighted by Gasteiger charge is -2.13. The molecule has 1 heterocycles. The fourth-order valence-corrected chi connectivity index (χ4v) is 2.31. The van der Waals surface area contributed by atoms with Crippen molar-refractivity contribution in [1.82, 2.24) is 15.8 Å². The van der Waals surface area contributed by atoms with Crippen molar-refractivity contribution in [3.63, 3.8) is 0 Å². The summed E-state index contributed by atoms with van der Waals surface area (Å²) in [5, 5.41) is 0.187. The number of hydrazine groups is 1. The van der Waals surface area contributed by atoms with Crippen LogP contribution in [0.15, 0.2) is 36.5 Å². The van der Waals surface area contributed by atoms with E-state index in [9.17, 15) is 9.59 Å². The highest BCUT2D eigenvalue weighted by molar-refractivity contribution is 6.29. The molecule has 0 aliphatic rings. The number of rotatable bonds is 7. The van der Waals surface area contributed by atoms with Crippen molar-refractivity contribution < 1.29 is 19.1 Å². The average molecular weight is 392 g/mol. The van der Waals surface area contributed by atoms with Crippen LogP contribution in [0.2, 0.25) is 5.15 Å². The number of hydrogen-bond donors (Lipinski definition) is 2. The monoisotopic (exact) mass is 391 g/mol. The maximum atomic E-state index is 12.3. The van der Waals surface area contributed by atoms with Gasteiger partial charge in [-0.1, -0.05) is 25.4 Å². The first-order valence-electron chi connectivity index (χ1n) is 8.43. The minimum atomic E-state index is -0.506. The number of ether oxygens (including phenoxy) is 2. The zero-order valence-corrected chi connectivity index (χ0v) is 16.2. The van der Waals surface area contributed by atoms with Crippen LogP contribution in [0.3, 0.4) is 0 Å². The molecule has 2 rings (SSSR count). The third-order valence-electron chi connectivity index (χ3n) is 3.66. The molecule has 8 heteroatoms. The number of halogens is 1. The van der Waals surface area contributed by atoms with Gasteiger partial charge in [0.15, 0.2) is 11.5 Å². The third kappa shape index (κ3) is 6.14. The highest BCUT2D eigenvalue weighted by Crippen LogP contribution is 2.28. The van der Waals surface area contributed by atoms with Gasteiger partial charge in [0.05, 0.1) is 13.7 Å². The Bertz CT molecular complexity index is 811. The van der Waals surface area contributed by atoms with Crippen LogP contribution in [0.5, 0.6) is 11.5 Å². The van der Waals surface area contributed by atoms with E-state index in [0.717, 1.165) is 6.42 Å². The number of benzene rings is 1. The topological polar surface area (TPSA) is 89.6 Å². The van der Waals surface area contributed by atoms with Crippen molar-refractivity contribution in [1.29, 1.82) is 0 Å². The number of nitrogens with one attached hydrogen (secondary N) is 2. The molecule has 144 valence electrons. The van der Waals surface area contributed by atoms with E-state index in [-0.39, 0.29) is 10.7 Å². The zero-order valence-electron chi connectivity index (χ0n) is 15.4. The molecule has 1 aromatic heterocycles. The quantitative estimate of drug-likeness (QED) is 0.558. The Morgan fingerprint density at radius 2 is 1.74 bits per heavy atom. The fourth-order valence-electron chi connectivity index (χ4n) is 2.13. The van der Waals surface area contributed by atoms with Crippen LogP contribution >= 0.6 is 11.6 Å². The lowest BCUT2D eigenvalue weighted by atomic mass is 10.1. The first-order valence-corrected chi connectivity index (χ1v) is 8.81. The van der Waals surface area contributed by atoms with Crippen molar-refractivity contribution in [3.05, 3.63) is 52.8 Å². The van der Waals surface area contributed by atoms with Gasteiger partial charge in [0.1, 0.15) is 5.15 Å². The van der Waals surface area contributed by atoms with Crippen LogP contribution in [0, 0.1) is 5.92 Å². The number of methoxy groups -OCH3 is 1. The standard InChI is InChI=1S/C19H22ClN3O4/c1-12(2)7-9-27-15-5-4-13(10-16(15)26-3)18(24)22-23-19(25)14-6-8-21-17(20)11-14/h4-6,8,10-12H,7,9H2,1-3H3,(H,22,24)(H,23,25). The molecule has 27 heavy (non-hydrogen) atoms. The molecule has 2 N–H and O–H groups in total. The Balaban J connectivity index is 1.98. The van der Waals surface area contributed by atoms with Crippen LogP contribution in [0.4, 0.5) is 0 Å². The predicted molar refractivity (Wildman–Crippen MR) is 102 cm³/mol. The van der Waals surface area contributed by atoms with E-state index in [1.807, 2.05) is 0 Å². The van der Waals surface area contributed by atoms with Gasteiger partial charge in [-0.05, 0) is 42.7 Å².